The van der Waals surface area contributed by atoms with Gasteiger partial charge in [-0.2, -0.15) is 0 Å². The molecule has 94 valence electrons. The number of rotatable bonds is 5. The summed E-state index contributed by atoms with van der Waals surface area (Å²) in [5.41, 5.74) is 1.17. The average Bonchev–Trinajstić information content (AvgIpc) is 2.40. The average molecular weight is 234 g/mol. The fraction of sp³-hybridized carbons (Fsp3) is 0.643. The molecular weight excluding hydrogens is 212 g/mol. The third-order valence-electron chi connectivity index (χ3n) is 3.39. The first-order chi connectivity index (χ1) is 8.40. The molecule has 0 radical (unpaired) electrons. The third kappa shape index (κ3) is 3.79. The Morgan fingerprint density at radius 3 is 3.12 bits per heavy atom. The van der Waals surface area contributed by atoms with E-state index in [9.17, 15) is 0 Å². The second kappa shape index (κ2) is 6.72. The van der Waals surface area contributed by atoms with Gasteiger partial charge in [-0.05, 0) is 37.4 Å². The summed E-state index contributed by atoms with van der Waals surface area (Å²) >= 11 is 0. The lowest BCUT2D eigenvalue weighted by molar-refractivity contribution is 0.0394. The van der Waals surface area contributed by atoms with Gasteiger partial charge in [0.1, 0.15) is 0 Å². The maximum Gasteiger partial charge on any atom is 0.0509 e. The van der Waals surface area contributed by atoms with Crippen LogP contribution in [0, 0.1) is 5.92 Å². The Kier molecular flexibility index (Phi) is 4.95. The summed E-state index contributed by atoms with van der Waals surface area (Å²) < 4.78 is 5.59. The van der Waals surface area contributed by atoms with Crippen molar-refractivity contribution in [3.8, 4) is 0 Å². The van der Waals surface area contributed by atoms with Crippen molar-refractivity contribution in [3.63, 3.8) is 0 Å². The van der Waals surface area contributed by atoms with Gasteiger partial charge in [0.25, 0.3) is 0 Å². The third-order valence-corrected chi connectivity index (χ3v) is 3.39. The van der Waals surface area contributed by atoms with Gasteiger partial charge in [-0.15, -0.1) is 0 Å². The van der Waals surface area contributed by atoms with E-state index in [2.05, 4.69) is 29.4 Å². The summed E-state index contributed by atoms with van der Waals surface area (Å²) in [4.78, 5) is 4.41. The highest BCUT2D eigenvalue weighted by molar-refractivity contribution is 5.06. The first-order valence-electron chi connectivity index (χ1n) is 6.61. The first kappa shape index (κ1) is 12.5. The molecule has 2 rings (SSSR count). The highest BCUT2D eigenvalue weighted by Gasteiger charge is 2.23. The summed E-state index contributed by atoms with van der Waals surface area (Å²) in [6.07, 6.45) is 5.33. The molecule has 2 heterocycles. The Morgan fingerprint density at radius 2 is 2.47 bits per heavy atom. The van der Waals surface area contributed by atoms with Crippen LogP contribution in [0.2, 0.25) is 0 Å². The first-order valence-corrected chi connectivity index (χ1v) is 6.61. The van der Waals surface area contributed by atoms with Gasteiger partial charge in [-0.25, -0.2) is 0 Å². The van der Waals surface area contributed by atoms with Crippen molar-refractivity contribution >= 4 is 0 Å². The van der Waals surface area contributed by atoms with Gasteiger partial charge in [-0.3, -0.25) is 4.98 Å². The highest BCUT2D eigenvalue weighted by Crippen LogP contribution is 2.19. The number of nitrogens with one attached hydrogen (secondary N) is 1. The molecule has 0 aromatic carbocycles. The Morgan fingerprint density at radius 1 is 1.53 bits per heavy atom. The molecule has 1 aliphatic rings. The van der Waals surface area contributed by atoms with E-state index in [1.807, 2.05) is 12.3 Å². The number of aromatic nitrogens is 1. The Balaban J connectivity index is 1.96. The van der Waals surface area contributed by atoms with Crippen LogP contribution in [0.4, 0.5) is 0 Å². The summed E-state index contributed by atoms with van der Waals surface area (Å²) in [7, 11) is 0. The molecule has 1 aromatic rings. The molecule has 0 saturated carbocycles. The quantitative estimate of drug-likeness (QED) is 0.846. The van der Waals surface area contributed by atoms with E-state index in [0.717, 1.165) is 26.2 Å². The number of nitrogens with zero attached hydrogens (tertiary/aromatic N) is 1. The number of hydrogen-bond acceptors (Lipinski definition) is 3. The minimum atomic E-state index is 0.496. The largest absolute Gasteiger partial charge is 0.381 e. The molecule has 0 bridgehead atoms. The maximum absolute atomic E-state index is 5.59. The molecule has 0 spiro atoms. The lowest BCUT2D eigenvalue weighted by atomic mass is 9.90. The van der Waals surface area contributed by atoms with Crippen LogP contribution in [0.15, 0.2) is 24.4 Å². The predicted octanol–water partition coefficient (Wildman–Crippen LogP) is 2.03. The van der Waals surface area contributed by atoms with E-state index in [0.29, 0.717) is 12.0 Å². The molecular formula is C14H22N2O. The van der Waals surface area contributed by atoms with Crippen LogP contribution >= 0.6 is 0 Å². The topological polar surface area (TPSA) is 34.2 Å². The van der Waals surface area contributed by atoms with E-state index in [-0.39, 0.29) is 0 Å². The standard InChI is InChI=1S/C14H22N2O/c1-2-15-14(12-6-5-9-17-11-12)10-13-7-3-4-8-16-13/h3-4,7-8,12,14-15H,2,5-6,9-11H2,1H3. The van der Waals surface area contributed by atoms with Crippen LogP contribution in [0.3, 0.4) is 0 Å². The van der Waals surface area contributed by atoms with Crippen molar-refractivity contribution in [3.05, 3.63) is 30.1 Å². The van der Waals surface area contributed by atoms with E-state index in [1.54, 1.807) is 0 Å². The van der Waals surface area contributed by atoms with Crippen molar-refractivity contribution in [2.24, 2.45) is 5.92 Å². The van der Waals surface area contributed by atoms with Gasteiger partial charge in [0.05, 0.1) is 6.61 Å². The predicted molar refractivity (Wildman–Crippen MR) is 68.9 cm³/mol. The molecule has 1 fully saturated rings. The zero-order valence-corrected chi connectivity index (χ0v) is 10.6. The van der Waals surface area contributed by atoms with Crippen LogP contribution in [0.25, 0.3) is 0 Å². The van der Waals surface area contributed by atoms with Crippen molar-refractivity contribution in [2.75, 3.05) is 19.8 Å². The monoisotopic (exact) mass is 234 g/mol. The highest BCUT2D eigenvalue weighted by atomic mass is 16.5. The lowest BCUT2D eigenvalue weighted by Gasteiger charge is -2.30. The van der Waals surface area contributed by atoms with Gasteiger partial charge in [0.2, 0.25) is 0 Å². The molecule has 3 heteroatoms. The van der Waals surface area contributed by atoms with Crippen molar-refractivity contribution in [1.29, 1.82) is 0 Å². The molecule has 1 saturated heterocycles. The summed E-state index contributed by atoms with van der Waals surface area (Å²) in [6, 6.07) is 6.63. The van der Waals surface area contributed by atoms with Crippen LogP contribution in [-0.2, 0) is 11.2 Å². The molecule has 1 aliphatic heterocycles. The normalized spacial score (nSPS) is 22.3. The number of hydrogen-bond donors (Lipinski definition) is 1. The molecule has 2 unspecified atom stereocenters. The lowest BCUT2D eigenvalue weighted by Crippen LogP contribution is -2.41. The SMILES string of the molecule is CCNC(Cc1ccccn1)C1CCCOC1. The van der Waals surface area contributed by atoms with E-state index < -0.39 is 0 Å². The van der Waals surface area contributed by atoms with E-state index in [1.165, 1.54) is 18.5 Å². The molecule has 1 N–H and O–H groups in total. The number of ether oxygens (including phenoxy) is 1. The minimum Gasteiger partial charge on any atom is -0.381 e. The zero-order valence-electron chi connectivity index (χ0n) is 10.6. The van der Waals surface area contributed by atoms with Gasteiger partial charge < -0.3 is 10.1 Å². The van der Waals surface area contributed by atoms with Crippen molar-refractivity contribution in [1.82, 2.24) is 10.3 Å². The maximum atomic E-state index is 5.59. The fourth-order valence-corrected chi connectivity index (χ4v) is 2.49. The Bertz CT molecular complexity index is 309. The molecule has 0 aliphatic carbocycles. The molecule has 0 amide bonds. The van der Waals surface area contributed by atoms with Gasteiger partial charge in [0.15, 0.2) is 0 Å². The van der Waals surface area contributed by atoms with Crippen LogP contribution < -0.4 is 5.32 Å². The smallest absolute Gasteiger partial charge is 0.0509 e. The van der Waals surface area contributed by atoms with Crippen molar-refractivity contribution in [2.45, 2.75) is 32.2 Å². The van der Waals surface area contributed by atoms with E-state index in [4.69, 9.17) is 4.74 Å². The number of likely N-dealkylation sites (N-methyl/N-ethyl adjacent to an activating group) is 1. The van der Waals surface area contributed by atoms with Gasteiger partial charge in [-0.1, -0.05) is 13.0 Å². The second-order valence-electron chi connectivity index (χ2n) is 4.67. The molecule has 1 aromatic heterocycles. The fourth-order valence-electron chi connectivity index (χ4n) is 2.49. The summed E-state index contributed by atoms with van der Waals surface area (Å²) in [5.74, 6) is 0.630. The summed E-state index contributed by atoms with van der Waals surface area (Å²) in [5, 5.41) is 3.58. The van der Waals surface area contributed by atoms with Crippen LogP contribution in [0.5, 0.6) is 0 Å². The Hall–Kier alpha value is -0.930. The Labute approximate surface area is 104 Å². The van der Waals surface area contributed by atoms with Crippen molar-refractivity contribution < 1.29 is 4.74 Å². The van der Waals surface area contributed by atoms with Gasteiger partial charge >= 0.3 is 0 Å². The molecule has 3 nitrogen and oxygen atoms in total. The van der Waals surface area contributed by atoms with E-state index >= 15 is 0 Å². The second-order valence-corrected chi connectivity index (χ2v) is 4.67. The van der Waals surface area contributed by atoms with Crippen LogP contribution in [0.1, 0.15) is 25.5 Å². The number of pyridine rings is 1. The van der Waals surface area contributed by atoms with Gasteiger partial charge in [0, 0.05) is 31.0 Å². The molecule has 17 heavy (non-hydrogen) atoms. The summed E-state index contributed by atoms with van der Waals surface area (Å²) in [6.45, 7) is 4.99. The van der Waals surface area contributed by atoms with Crippen LogP contribution in [-0.4, -0.2) is 30.8 Å². The zero-order chi connectivity index (χ0) is 11.9. The minimum absolute atomic E-state index is 0.496. The molecule has 2 atom stereocenters.